The number of hydrogen-bond donors (Lipinski definition) is 2. The first kappa shape index (κ1) is 17.6. The Balaban J connectivity index is 2.64. The van der Waals surface area contributed by atoms with Crippen molar-refractivity contribution in [2.45, 2.75) is 26.3 Å². The second kappa shape index (κ2) is 8.76. The SMILES string of the molecule is COC(=O)c1sccc1NC(=O)CN(CCCO)C(C)C. The van der Waals surface area contributed by atoms with Gasteiger partial charge in [0.2, 0.25) is 5.91 Å². The average Bonchev–Trinajstić information content (AvgIpc) is 2.90. The molecule has 0 saturated carbocycles. The van der Waals surface area contributed by atoms with Gasteiger partial charge in [-0.3, -0.25) is 9.69 Å². The van der Waals surface area contributed by atoms with Gasteiger partial charge in [-0.25, -0.2) is 4.79 Å². The van der Waals surface area contributed by atoms with Gasteiger partial charge in [-0.05, 0) is 31.7 Å². The minimum atomic E-state index is -0.457. The summed E-state index contributed by atoms with van der Waals surface area (Å²) < 4.78 is 4.67. The van der Waals surface area contributed by atoms with Crippen LogP contribution < -0.4 is 5.32 Å². The second-order valence-corrected chi connectivity index (χ2v) is 5.76. The molecule has 0 saturated heterocycles. The van der Waals surface area contributed by atoms with Crippen molar-refractivity contribution in [3.63, 3.8) is 0 Å². The van der Waals surface area contributed by atoms with Gasteiger partial charge in [-0.1, -0.05) is 0 Å². The van der Waals surface area contributed by atoms with E-state index in [0.717, 1.165) is 0 Å². The van der Waals surface area contributed by atoms with Crippen LogP contribution in [-0.2, 0) is 9.53 Å². The van der Waals surface area contributed by atoms with Gasteiger partial charge in [0, 0.05) is 19.2 Å². The third-order valence-corrected chi connectivity index (χ3v) is 3.88. The van der Waals surface area contributed by atoms with Crippen LogP contribution in [0.25, 0.3) is 0 Å². The van der Waals surface area contributed by atoms with Crippen LogP contribution in [0, 0.1) is 0 Å². The van der Waals surface area contributed by atoms with Crippen LogP contribution in [0.2, 0.25) is 0 Å². The first-order chi connectivity index (χ1) is 9.99. The Kier molecular flexibility index (Phi) is 7.35. The van der Waals surface area contributed by atoms with Crippen molar-refractivity contribution in [3.05, 3.63) is 16.3 Å². The van der Waals surface area contributed by atoms with Crippen molar-refractivity contribution >= 4 is 28.9 Å². The fourth-order valence-electron chi connectivity index (χ4n) is 1.83. The van der Waals surface area contributed by atoms with Crippen LogP contribution in [0.5, 0.6) is 0 Å². The number of carbonyl (C=O) groups excluding carboxylic acids is 2. The van der Waals surface area contributed by atoms with E-state index < -0.39 is 5.97 Å². The molecular weight excluding hydrogens is 292 g/mol. The van der Waals surface area contributed by atoms with E-state index in [4.69, 9.17) is 5.11 Å². The lowest BCUT2D eigenvalue weighted by molar-refractivity contribution is -0.117. The van der Waals surface area contributed by atoms with Gasteiger partial charge in [0.1, 0.15) is 4.88 Å². The molecule has 1 rings (SSSR count). The van der Waals surface area contributed by atoms with Gasteiger partial charge in [0.05, 0.1) is 19.3 Å². The molecule has 1 aromatic rings. The molecule has 1 aromatic heterocycles. The highest BCUT2D eigenvalue weighted by Crippen LogP contribution is 2.23. The molecule has 6 nitrogen and oxygen atoms in total. The summed E-state index contributed by atoms with van der Waals surface area (Å²) in [4.78, 5) is 26.0. The molecule has 21 heavy (non-hydrogen) atoms. The molecule has 0 radical (unpaired) electrons. The fraction of sp³-hybridized carbons (Fsp3) is 0.571. The Morgan fingerprint density at radius 2 is 2.19 bits per heavy atom. The Morgan fingerprint density at radius 1 is 1.48 bits per heavy atom. The van der Waals surface area contributed by atoms with Gasteiger partial charge in [0.15, 0.2) is 0 Å². The summed E-state index contributed by atoms with van der Waals surface area (Å²) in [6, 6.07) is 1.88. The number of thiophene rings is 1. The Morgan fingerprint density at radius 3 is 2.76 bits per heavy atom. The van der Waals surface area contributed by atoms with Gasteiger partial charge in [0.25, 0.3) is 0 Å². The molecular formula is C14H22N2O4S. The Labute approximate surface area is 128 Å². The predicted molar refractivity (Wildman–Crippen MR) is 82.7 cm³/mol. The summed E-state index contributed by atoms with van der Waals surface area (Å²) in [6.45, 7) is 4.95. The summed E-state index contributed by atoms with van der Waals surface area (Å²) in [5, 5.41) is 13.3. The van der Waals surface area contributed by atoms with Crippen LogP contribution >= 0.6 is 11.3 Å². The molecule has 7 heteroatoms. The molecule has 118 valence electrons. The quantitative estimate of drug-likeness (QED) is 0.712. The van der Waals surface area contributed by atoms with Crippen molar-refractivity contribution < 1.29 is 19.4 Å². The number of methoxy groups -OCH3 is 1. The molecule has 1 heterocycles. The van der Waals surface area contributed by atoms with E-state index in [-0.39, 0.29) is 25.1 Å². The van der Waals surface area contributed by atoms with Crippen LogP contribution in [0.15, 0.2) is 11.4 Å². The molecule has 1 amide bonds. The third kappa shape index (κ3) is 5.45. The fourth-order valence-corrected chi connectivity index (χ4v) is 2.59. The molecule has 0 aliphatic rings. The number of aliphatic hydroxyl groups is 1. The molecule has 0 spiro atoms. The monoisotopic (exact) mass is 314 g/mol. The van der Waals surface area contributed by atoms with Crippen molar-refractivity contribution in [1.29, 1.82) is 0 Å². The summed E-state index contributed by atoms with van der Waals surface area (Å²) >= 11 is 1.23. The zero-order valence-corrected chi connectivity index (χ0v) is 13.4. The number of carbonyl (C=O) groups is 2. The summed E-state index contributed by atoms with van der Waals surface area (Å²) in [5.41, 5.74) is 0.475. The summed E-state index contributed by atoms with van der Waals surface area (Å²) in [5.74, 6) is -0.647. The van der Waals surface area contributed by atoms with E-state index in [2.05, 4.69) is 10.1 Å². The first-order valence-corrected chi connectivity index (χ1v) is 7.68. The van der Waals surface area contributed by atoms with Gasteiger partial charge < -0.3 is 15.2 Å². The molecule has 0 bridgehead atoms. The number of rotatable bonds is 8. The highest BCUT2D eigenvalue weighted by molar-refractivity contribution is 7.12. The largest absolute Gasteiger partial charge is 0.465 e. The summed E-state index contributed by atoms with van der Waals surface area (Å²) in [6.07, 6.45) is 0.622. The topological polar surface area (TPSA) is 78.9 Å². The maximum atomic E-state index is 12.1. The number of aliphatic hydroxyl groups excluding tert-OH is 1. The lowest BCUT2D eigenvalue weighted by Gasteiger charge is -2.25. The van der Waals surface area contributed by atoms with Crippen LogP contribution in [0.4, 0.5) is 5.69 Å². The first-order valence-electron chi connectivity index (χ1n) is 6.80. The van der Waals surface area contributed by atoms with E-state index in [9.17, 15) is 9.59 Å². The minimum Gasteiger partial charge on any atom is -0.465 e. The van der Waals surface area contributed by atoms with Gasteiger partial charge in [-0.15, -0.1) is 11.3 Å². The third-order valence-electron chi connectivity index (χ3n) is 2.99. The second-order valence-electron chi connectivity index (χ2n) is 4.84. The highest BCUT2D eigenvalue weighted by Gasteiger charge is 2.18. The number of nitrogens with zero attached hydrogens (tertiary/aromatic N) is 1. The molecule has 0 aromatic carbocycles. The predicted octanol–water partition coefficient (Wildman–Crippen LogP) is 1.57. The smallest absolute Gasteiger partial charge is 0.350 e. The van der Waals surface area contributed by atoms with Gasteiger partial charge in [-0.2, -0.15) is 0 Å². The van der Waals surface area contributed by atoms with E-state index >= 15 is 0 Å². The number of ether oxygens (including phenoxy) is 1. The number of amides is 1. The zero-order chi connectivity index (χ0) is 15.8. The molecule has 0 fully saturated rings. The lowest BCUT2D eigenvalue weighted by atomic mass is 10.2. The van der Waals surface area contributed by atoms with E-state index in [1.54, 1.807) is 11.4 Å². The van der Waals surface area contributed by atoms with Crippen molar-refractivity contribution in [2.24, 2.45) is 0 Å². The lowest BCUT2D eigenvalue weighted by Crippen LogP contribution is -2.39. The zero-order valence-electron chi connectivity index (χ0n) is 12.6. The van der Waals surface area contributed by atoms with Crippen LogP contribution in [0.1, 0.15) is 29.9 Å². The molecule has 0 atom stereocenters. The number of anilines is 1. The number of hydrogen-bond acceptors (Lipinski definition) is 6. The normalized spacial score (nSPS) is 11.0. The van der Waals surface area contributed by atoms with Crippen LogP contribution in [-0.4, -0.2) is 54.7 Å². The van der Waals surface area contributed by atoms with Crippen molar-refractivity contribution in [3.8, 4) is 0 Å². The van der Waals surface area contributed by atoms with E-state index in [1.807, 2.05) is 18.7 Å². The number of esters is 1. The van der Waals surface area contributed by atoms with Gasteiger partial charge >= 0.3 is 5.97 Å². The van der Waals surface area contributed by atoms with E-state index in [0.29, 0.717) is 23.5 Å². The Hall–Kier alpha value is -1.44. The number of nitrogens with one attached hydrogen (secondary N) is 1. The maximum absolute atomic E-state index is 12.1. The standard InChI is InChI=1S/C14H22N2O4S/c1-10(2)16(6-4-7-17)9-12(18)15-11-5-8-21-13(11)14(19)20-3/h5,8,10,17H,4,6-7,9H2,1-3H3,(H,15,18). The molecule has 0 unspecified atom stereocenters. The molecule has 0 aliphatic carbocycles. The van der Waals surface area contributed by atoms with Crippen LogP contribution in [0.3, 0.4) is 0 Å². The molecule has 2 N–H and O–H groups in total. The Bertz CT molecular complexity index is 473. The summed E-state index contributed by atoms with van der Waals surface area (Å²) in [7, 11) is 1.31. The van der Waals surface area contributed by atoms with Crippen molar-refractivity contribution in [1.82, 2.24) is 4.90 Å². The van der Waals surface area contributed by atoms with E-state index in [1.165, 1.54) is 18.4 Å². The van der Waals surface area contributed by atoms with Crippen molar-refractivity contribution in [2.75, 3.05) is 32.1 Å². The minimum absolute atomic E-state index is 0.0991. The molecule has 0 aliphatic heterocycles. The highest BCUT2D eigenvalue weighted by atomic mass is 32.1. The maximum Gasteiger partial charge on any atom is 0.350 e. The average molecular weight is 314 g/mol.